The van der Waals surface area contributed by atoms with Crippen molar-refractivity contribution in [3.63, 3.8) is 0 Å². The van der Waals surface area contributed by atoms with E-state index in [-0.39, 0.29) is 29.1 Å². The maximum Gasteiger partial charge on any atom is 0.186 e. The second kappa shape index (κ2) is 7.10. The molecular formula is C16H20ClFN4O. The number of rotatable bonds is 5. The monoisotopic (exact) mass is 338 g/mol. The molecule has 5 nitrogen and oxygen atoms in total. The predicted molar refractivity (Wildman–Crippen MR) is 90.4 cm³/mol. The number of likely N-dealkylation sites (N-methyl/N-ethyl adjacent to an activating group) is 1. The molecule has 0 saturated heterocycles. The highest BCUT2D eigenvalue weighted by Gasteiger charge is 2.19. The highest BCUT2D eigenvalue weighted by molar-refractivity contribution is 6.30. The van der Waals surface area contributed by atoms with Crippen LogP contribution in [0.1, 0.15) is 19.0 Å². The van der Waals surface area contributed by atoms with E-state index in [1.54, 1.807) is 31.0 Å². The molecule has 1 heterocycles. The Kier molecular flexibility index (Phi) is 5.38. The molecule has 2 aromatic rings. The van der Waals surface area contributed by atoms with E-state index in [1.165, 1.54) is 6.07 Å². The first-order valence-corrected chi connectivity index (χ1v) is 7.71. The normalized spacial score (nSPS) is 12.3. The fourth-order valence-electron chi connectivity index (χ4n) is 2.17. The lowest BCUT2D eigenvalue weighted by Crippen LogP contribution is -2.35. The number of nitrogens with two attached hydrogens (primary N) is 1. The van der Waals surface area contributed by atoms with E-state index >= 15 is 0 Å². The Morgan fingerprint density at radius 3 is 2.74 bits per heavy atom. The summed E-state index contributed by atoms with van der Waals surface area (Å²) in [5.41, 5.74) is 6.48. The Labute approximate surface area is 139 Å². The van der Waals surface area contributed by atoms with Crippen molar-refractivity contribution in [1.29, 1.82) is 0 Å². The van der Waals surface area contributed by atoms with Gasteiger partial charge in [-0.2, -0.15) is 0 Å². The van der Waals surface area contributed by atoms with Crippen molar-refractivity contribution in [2.45, 2.75) is 26.3 Å². The smallest absolute Gasteiger partial charge is 0.186 e. The van der Waals surface area contributed by atoms with Gasteiger partial charge in [-0.15, -0.1) is 0 Å². The molecule has 0 aliphatic heterocycles. The summed E-state index contributed by atoms with van der Waals surface area (Å²) in [5.74, 6) is -0.146. The van der Waals surface area contributed by atoms with Crippen LogP contribution in [0.5, 0.6) is 5.75 Å². The number of aryl methyl sites for hydroxylation is 1. The van der Waals surface area contributed by atoms with E-state index in [1.807, 2.05) is 6.92 Å². The molecule has 0 radical (unpaired) electrons. The zero-order valence-corrected chi connectivity index (χ0v) is 14.1. The summed E-state index contributed by atoms with van der Waals surface area (Å²) in [6, 6.07) is 4.48. The standard InChI is InChI=1S/C16H20ClFN4O/c1-4-11(19)8-22(3)16-14(18)9(2)20-15(21-16)12-7-10(17)5-6-13(12)23/h5-7,11,23H,4,8,19H2,1-3H3/t11-/m0/s1. The molecule has 0 fully saturated rings. The maximum absolute atomic E-state index is 14.4. The molecule has 0 aliphatic rings. The molecule has 0 bridgehead atoms. The minimum Gasteiger partial charge on any atom is -0.507 e. The molecule has 0 spiro atoms. The number of halogens is 2. The van der Waals surface area contributed by atoms with Gasteiger partial charge in [0, 0.05) is 24.7 Å². The van der Waals surface area contributed by atoms with Gasteiger partial charge in [0.15, 0.2) is 17.5 Å². The fourth-order valence-corrected chi connectivity index (χ4v) is 2.34. The summed E-state index contributed by atoms with van der Waals surface area (Å²) in [5, 5.41) is 10.4. The third kappa shape index (κ3) is 3.89. The number of nitrogens with zero attached hydrogens (tertiary/aromatic N) is 3. The van der Waals surface area contributed by atoms with Crippen LogP contribution in [-0.4, -0.2) is 34.7 Å². The molecule has 0 aliphatic carbocycles. The third-order valence-electron chi connectivity index (χ3n) is 3.59. The van der Waals surface area contributed by atoms with Gasteiger partial charge < -0.3 is 15.7 Å². The van der Waals surface area contributed by atoms with E-state index in [0.717, 1.165) is 6.42 Å². The minimum absolute atomic E-state index is 0.0146. The van der Waals surface area contributed by atoms with Gasteiger partial charge in [-0.05, 0) is 31.5 Å². The largest absolute Gasteiger partial charge is 0.507 e. The topological polar surface area (TPSA) is 75.3 Å². The number of phenols is 1. The third-order valence-corrected chi connectivity index (χ3v) is 3.83. The highest BCUT2D eigenvalue weighted by Crippen LogP contribution is 2.31. The van der Waals surface area contributed by atoms with Gasteiger partial charge in [-0.3, -0.25) is 0 Å². The number of hydrogen-bond acceptors (Lipinski definition) is 5. The summed E-state index contributed by atoms with van der Waals surface area (Å²) >= 11 is 5.96. The lowest BCUT2D eigenvalue weighted by Gasteiger charge is -2.23. The minimum atomic E-state index is -0.499. The Morgan fingerprint density at radius 2 is 2.09 bits per heavy atom. The van der Waals surface area contributed by atoms with Gasteiger partial charge in [0.2, 0.25) is 0 Å². The van der Waals surface area contributed by atoms with Gasteiger partial charge in [0.1, 0.15) is 5.75 Å². The molecule has 1 atom stereocenters. The number of aromatic hydroxyl groups is 1. The molecule has 0 amide bonds. The Morgan fingerprint density at radius 1 is 1.39 bits per heavy atom. The van der Waals surface area contributed by atoms with Gasteiger partial charge in [0.25, 0.3) is 0 Å². The van der Waals surface area contributed by atoms with Crippen LogP contribution < -0.4 is 10.6 Å². The van der Waals surface area contributed by atoms with Crippen LogP contribution in [0.4, 0.5) is 10.2 Å². The summed E-state index contributed by atoms with van der Waals surface area (Å²) < 4.78 is 14.4. The molecule has 124 valence electrons. The second-order valence-corrected chi connectivity index (χ2v) is 5.92. The first kappa shape index (κ1) is 17.4. The van der Waals surface area contributed by atoms with Crippen molar-refractivity contribution in [3.05, 3.63) is 34.7 Å². The molecule has 3 N–H and O–H groups in total. The zero-order chi connectivity index (χ0) is 17.1. The number of benzene rings is 1. The van der Waals surface area contributed by atoms with Crippen LogP contribution >= 0.6 is 11.6 Å². The molecule has 7 heteroatoms. The van der Waals surface area contributed by atoms with Crippen molar-refractivity contribution in [1.82, 2.24) is 9.97 Å². The zero-order valence-electron chi connectivity index (χ0n) is 13.3. The lowest BCUT2D eigenvalue weighted by atomic mass is 10.1. The van der Waals surface area contributed by atoms with E-state index in [4.69, 9.17) is 17.3 Å². The van der Waals surface area contributed by atoms with Crippen LogP contribution in [0.15, 0.2) is 18.2 Å². The van der Waals surface area contributed by atoms with E-state index in [0.29, 0.717) is 17.1 Å². The number of phenolic OH excluding ortho intramolecular Hbond substituents is 1. The molecule has 2 rings (SSSR count). The van der Waals surface area contributed by atoms with Crippen LogP contribution in [0.25, 0.3) is 11.4 Å². The van der Waals surface area contributed by atoms with Crippen LogP contribution in [0.3, 0.4) is 0 Å². The van der Waals surface area contributed by atoms with Gasteiger partial charge in [0.05, 0.1) is 11.3 Å². The van der Waals surface area contributed by atoms with Crippen molar-refractivity contribution < 1.29 is 9.50 Å². The molecule has 0 unspecified atom stereocenters. The van der Waals surface area contributed by atoms with Gasteiger partial charge in [-0.1, -0.05) is 18.5 Å². The first-order valence-electron chi connectivity index (χ1n) is 7.33. The van der Waals surface area contributed by atoms with Crippen LogP contribution in [-0.2, 0) is 0 Å². The Hall–Kier alpha value is -1.92. The quantitative estimate of drug-likeness (QED) is 0.876. The predicted octanol–water partition coefficient (Wildman–Crippen LogP) is 3.12. The van der Waals surface area contributed by atoms with Gasteiger partial charge in [-0.25, -0.2) is 14.4 Å². The second-order valence-electron chi connectivity index (χ2n) is 5.48. The molecule has 0 saturated carbocycles. The number of aromatic nitrogens is 2. The number of hydrogen-bond donors (Lipinski definition) is 2. The van der Waals surface area contributed by atoms with Crippen LogP contribution in [0.2, 0.25) is 5.02 Å². The summed E-state index contributed by atoms with van der Waals surface area (Å²) in [6.07, 6.45) is 0.776. The summed E-state index contributed by atoms with van der Waals surface area (Å²) in [7, 11) is 1.72. The molecular weight excluding hydrogens is 319 g/mol. The molecule has 1 aromatic heterocycles. The van der Waals surface area contributed by atoms with Crippen molar-refractivity contribution in [2.24, 2.45) is 5.73 Å². The average molecular weight is 339 g/mol. The fraction of sp³-hybridized carbons (Fsp3) is 0.375. The maximum atomic E-state index is 14.4. The van der Waals surface area contributed by atoms with E-state index in [2.05, 4.69) is 9.97 Å². The summed E-state index contributed by atoms with van der Waals surface area (Å²) in [6.45, 7) is 3.99. The van der Waals surface area contributed by atoms with Crippen molar-refractivity contribution >= 4 is 17.4 Å². The Bertz CT molecular complexity index is 711. The van der Waals surface area contributed by atoms with Crippen molar-refractivity contribution in [2.75, 3.05) is 18.5 Å². The number of anilines is 1. The molecule has 23 heavy (non-hydrogen) atoms. The first-order chi connectivity index (χ1) is 10.8. The summed E-state index contributed by atoms with van der Waals surface area (Å²) in [4.78, 5) is 10.0. The highest BCUT2D eigenvalue weighted by atomic mass is 35.5. The van der Waals surface area contributed by atoms with Gasteiger partial charge >= 0.3 is 0 Å². The van der Waals surface area contributed by atoms with E-state index < -0.39 is 5.82 Å². The van der Waals surface area contributed by atoms with E-state index in [9.17, 15) is 9.50 Å². The lowest BCUT2D eigenvalue weighted by molar-refractivity contribution is 0.476. The van der Waals surface area contributed by atoms with Crippen LogP contribution in [0, 0.1) is 12.7 Å². The molecule has 1 aromatic carbocycles. The SMILES string of the molecule is CC[C@H](N)CN(C)c1nc(-c2cc(Cl)ccc2O)nc(C)c1F. The average Bonchev–Trinajstić information content (AvgIpc) is 2.51. The Balaban J connectivity index is 2.49. The van der Waals surface area contributed by atoms with Crippen molar-refractivity contribution in [3.8, 4) is 17.1 Å².